The number of alkyl carbamates (subject to hydrolysis) is 1. The summed E-state index contributed by atoms with van der Waals surface area (Å²) in [4.78, 5) is 69.6. The van der Waals surface area contributed by atoms with Crippen LogP contribution in [-0.4, -0.2) is 49.7 Å². The lowest BCUT2D eigenvalue weighted by atomic mass is 10.1. The number of rotatable bonds is 10. The summed E-state index contributed by atoms with van der Waals surface area (Å²) in [5.74, 6) is -2.08. The number of carbonyl (C=O) groups is 3. The second-order valence-corrected chi connectivity index (χ2v) is 14.5. The van der Waals surface area contributed by atoms with E-state index in [-0.39, 0.29) is 49.9 Å². The Bertz CT molecular complexity index is 2460. The Morgan fingerprint density at radius 2 is 1.73 bits per heavy atom. The first-order valence-electron chi connectivity index (χ1n) is 16.4. The van der Waals surface area contributed by atoms with E-state index in [4.69, 9.17) is 25.5 Å². The normalized spacial score (nSPS) is 12.8. The summed E-state index contributed by atoms with van der Waals surface area (Å²) < 4.78 is 62.9. The van der Waals surface area contributed by atoms with Gasteiger partial charge in [-0.05, 0) is 51.5 Å². The summed E-state index contributed by atoms with van der Waals surface area (Å²) in [7, 11) is 2.71. The number of alkyl halides is 3. The first-order chi connectivity index (χ1) is 25.7. The summed E-state index contributed by atoms with van der Waals surface area (Å²) in [5.41, 5.74) is -0.805. The number of amides is 2. The zero-order valence-corrected chi connectivity index (χ0v) is 31.9. The number of aryl methyl sites for hydroxylation is 2. The molecule has 0 unspecified atom stereocenters. The van der Waals surface area contributed by atoms with Crippen LogP contribution in [0.25, 0.3) is 22.4 Å². The smallest absolute Gasteiger partial charge is 0.444 e. The first kappa shape index (κ1) is 40.6. The van der Waals surface area contributed by atoms with Gasteiger partial charge in [0, 0.05) is 37.0 Å². The van der Waals surface area contributed by atoms with E-state index in [1.807, 2.05) is 0 Å². The highest BCUT2D eigenvalue weighted by molar-refractivity contribution is 7.07. The molecule has 0 radical (unpaired) electrons. The average molecular weight is 806 g/mol. The number of benzene rings is 2. The molecule has 0 aliphatic carbocycles. The van der Waals surface area contributed by atoms with Gasteiger partial charge in [0.25, 0.3) is 11.5 Å². The lowest BCUT2D eigenvalue weighted by molar-refractivity contribution is -0.274. The first-order valence-corrected chi connectivity index (χ1v) is 17.7. The fraction of sp³-hybridized carbons (Fsp3) is 0.333. The predicted molar refractivity (Wildman–Crippen MR) is 195 cm³/mol. The number of furan rings is 1. The molecule has 0 fully saturated rings. The molecule has 0 aliphatic heterocycles. The topological polar surface area (TPSA) is 165 Å². The molecule has 55 heavy (non-hydrogen) atoms. The SMILES string of the molecule is Cc1oc2c(c1CC(=O)/N=c1\scc(-c3ccc(OC(F)(F)F)c(Cl)c3)n1COC(=O)[C@H](Cc1ccccc1)NC(=O)OC(C)(C)C)c(=O)n(C)c(=O)n2C. The van der Waals surface area contributed by atoms with Crippen molar-refractivity contribution in [2.75, 3.05) is 0 Å². The standard InChI is InChI=1S/C36H35ClF3N5O9S/c1-19-22(28-29(47)43(5)34(50)44(6)30(28)52-19)16-27(46)42-32-45(25(17-55-32)21-12-13-26(23(37)15-21)53-36(38,39)40)18-51-31(48)24(14-20-10-8-7-9-11-20)41-33(49)54-35(2,3)4/h7-13,15,17,24H,14,16,18H2,1-6H3,(H,41,49)/b42-32-/t24-/m0/s1. The number of nitrogens with zero attached hydrogens (tertiary/aromatic N) is 4. The molecule has 0 spiro atoms. The van der Waals surface area contributed by atoms with Crippen molar-refractivity contribution in [1.29, 1.82) is 0 Å². The summed E-state index contributed by atoms with van der Waals surface area (Å²) in [6.45, 7) is 5.92. The van der Waals surface area contributed by atoms with E-state index in [0.717, 1.165) is 26.5 Å². The molecule has 3 aromatic heterocycles. The third kappa shape index (κ3) is 9.74. The van der Waals surface area contributed by atoms with Crippen LogP contribution in [0.3, 0.4) is 0 Å². The van der Waals surface area contributed by atoms with Crippen LogP contribution in [0.1, 0.15) is 37.7 Å². The highest BCUT2D eigenvalue weighted by Gasteiger charge is 2.32. The molecule has 3 heterocycles. The number of hydrogen-bond donors (Lipinski definition) is 1. The summed E-state index contributed by atoms with van der Waals surface area (Å²) in [6.07, 6.45) is -6.28. The highest BCUT2D eigenvalue weighted by Crippen LogP contribution is 2.34. The zero-order valence-electron chi connectivity index (χ0n) is 30.3. The quantitative estimate of drug-likeness (QED) is 0.179. The summed E-state index contributed by atoms with van der Waals surface area (Å²) >= 11 is 7.09. The molecule has 5 aromatic rings. The number of fused-ring (bicyclic) bond motifs is 1. The van der Waals surface area contributed by atoms with Gasteiger partial charge < -0.3 is 23.9 Å². The molecule has 1 atom stereocenters. The van der Waals surface area contributed by atoms with Gasteiger partial charge in [-0.15, -0.1) is 24.5 Å². The number of carbonyl (C=O) groups excluding carboxylic acids is 3. The Labute approximate surface area is 319 Å². The van der Waals surface area contributed by atoms with E-state index < -0.39 is 66.1 Å². The van der Waals surface area contributed by atoms with Crippen molar-refractivity contribution in [1.82, 2.24) is 19.0 Å². The van der Waals surface area contributed by atoms with E-state index in [2.05, 4.69) is 15.0 Å². The second kappa shape index (κ2) is 16.0. The number of hydrogen-bond acceptors (Lipinski definition) is 10. The van der Waals surface area contributed by atoms with E-state index >= 15 is 0 Å². The monoisotopic (exact) mass is 805 g/mol. The number of halogens is 4. The molecule has 0 saturated heterocycles. The average Bonchev–Trinajstić information content (AvgIpc) is 3.64. The molecule has 2 amide bonds. The van der Waals surface area contributed by atoms with Crippen LogP contribution in [0, 0.1) is 6.92 Å². The van der Waals surface area contributed by atoms with Crippen LogP contribution in [-0.2, 0) is 52.7 Å². The van der Waals surface area contributed by atoms with Crippen molar-refractivity contribution in [3.05, 3.63) is 101 Å². The van der Waals surface area contributed by atoms with Crippen LogP contribution in [0.2, 0.25) is 5.02 Å². The zero-order chi connectivity index (χ0) is 40.4. The highest BCUT2D eigenvalue weighted by atomic mass is 35.5. The maximum Gasteiger partial charge on any atom is 0.573 e. The molecule has 0 bridgehead atoms. The van der Waals surface area contributed by atoms with Crippen molar-refractivity contribution in [3.63, 3.8) is 0 Å². The van der Waals surface area contributed by atoms with Gasteiger partial charge in [0.05, 0.1) is 17.1 Å². The molecule has 0 aliphatic rings. The van der Waals surface area contributed by atoms with Gasteiger partial charge in [-0.1, -0.05) is 41.9 Å². The lowest BCUT2D eigenvalue weighted by Gasteiger charge is -2.23. The molecule has 292 valence electrons. The number of ether oxygens (including phenoxy) is 3. The van der Waals surface area contributed by atoms with E-state index in [1.165, 1.54) is 43.1 Å². The molecule has 0 saturated carbocycles. The molecule has 5 rings (SSSR count). The summed E-state index contributed by atoms with van der Waals surface area (Å²) in [5, 5.41) is 3.69. The Hall–Kier alpha value is -5.62. The molecular weight excluding hydrogens is 771 g/mol. The van der Waals surface area contributed by atoms with Crippen LogP contribution in [0.15, 0.2) is 72.9 Å². The third-order valence-corrected chi connectivity index (χ3v) is 9.14. The van der Waals surface area contributed by atoms with Crippen LogP contribution in [0.5, 0.6) is 5.75 Å². The van der Waals surface area contributed by atoms with Crippen molar-refractivity contribution in [3.8, 4) is 17.0 Å². The minimum atomic E-state index is -5.00. The third-order valence-electron chi connectivity index (χ3n) is 7.98. The largest absolute Gasteiger partial charge is 0.573 e. The van der Waals surface area contributed by atoms with E-state index in [0.29, 0.717) is 5.56 Å². The summed E-state index contributed by atoms with van der Waals surface area (Å²) in [6, 6.07) is 11.0. The lowest BCUT2D eigenvalue weighted by Crippen LogP contribution is -2.45. The van der Waals surface area contributed by atoms with Gasteiger partial charge in [0.15, 0.2) is 11.5 Å². The van der Waals surface area contributed by atoms with Crippen molar-refractivity contribution in [2.24, 2.45) is 19.1 Å². The van der Waals surface area contributed by atoms with Gasteiger partial charge >= 0.3 is 24.1 Å². The van der Waals surface area contributed by atoms with E-state index in [1.54, 1.807) is 51.1 Å². The maximum atomic E-state index is 13.6. The minimum Gasteiger partial charge on any atom is -0.444 e. The Morgan fingerprint density at radius 3 is 2.36 bits per heavy atom. The Kier molecular flexibility index (Phi) is 11.8. The van der Waals surface area contributed by atoms with Gasteiger partial charge in [0.2, 0.25) is 5.71 Å². The molecule has 14 nitrogen and oxygen atoms in total. The van der Waals surface area contributed by atoms with Crippen LogP contribution in [0.4, 0.5) is 18.0 Å². The van der Waals surface area contributed by atoms with Gasteiger partial charge in [-0.3, -0.25) is 23.3 Å². The fourth-order valence-corrected chi connectivity index (χ4v) is 6.59. The molecular formula is C36H35ClF3N5O9S. The number of aromatic nitrogens is 3. The molecule has 19 heteroatoms. The Morgan fingerprint density at radius 1 is 1.04 bits per heavy atom. The van der Waals surface area contributed by atoms with Crippen molar-refractivity contribution >= 4 is 52.0 Å². The fourth-order valence-electron chi connectivity index (χ4n) is 5.46. The number of thiazole rings is 1. The van der Waals surface area contributed by atoms with Crippen LogP contribution >= 0.6 is 22.9 Å². The minimum absolute atomic E-state index is 0.00925. The van der Waals surface area contributed by atoms with E-state index in [9.17, 15) is 37.1 Å². The molecule has 1 N–H and O–H groups in total. The number of esters is 1. The maximum absolute atomic E-state index is 13.6. The number of nitrogens with one attached hydrogen (secondary N) is 1. The van der Waals surface area contributed by atoms with Gasteiger partial charge in [-0.2, -0.15) is 4.99 Å². The van der Waals surface area contributed by atoms with Crippen LogP contribution < -0.4 is 26.1 Å². The predicted octanol–water partition coefficient (Wildman–Crippen LogP) is 5.53. The second-order valence-electron chi connectivity index (χ2n) is 13.2. The van der Waals surface area contributed by atoms with Crippen molar-refractivity contribution < 1.29 is 46.2 Å². The molecule has 2 aromatic carbocycles. The van der Waals surface area contributed by atoms with Gasteiger partial charge in [-0.25, -0.2) is 14.4 Å². The van der Waals surface area contributed by atoms with Crippen molar-refractivity contribution in [2.45, 2.75) is 65.3 Å². The van der Waals surface area contributed by atoms with Gasteiger partial charge in [0.1, 0.15) is 28.5 Å². The Balaban J connectivity index is 1.52.